The number of amides is 2. The van der Waals surface area contributed by atoms with Crippen molar-refractivity contribution in [2.45, 2.75) is 43.5 Å². The summed E-state index contributed by atoms with van der Waals surface area (Å²) in [5.41, 5.74) is 0. The van der Waals surface area contributed by atoms with Gasteiger partial charge in [0, 0.05) is 32.0 Å². The summed E-state index contributed by atoms with van der Waals surface area (Å²) in [7, 11) is -3.58. The van der Waals surface area contributed by atoms with Crippen LogP contribution < -0.4 is 4.74 Å². The van der Waals surface area contributed by atoms with Gasteiger partial charge in [-0.25, -0.2) is 8.42 Å². The topological polar surface area (TPSA) is 84.0 Å². The van der Waals surface area contributed by atoms with E-state index in [-0.39, 0.29) is 35.6 Å². The summed E-state index contributed by atoms with van der Waals surface area (Å²) in [4.78, 5) is 25.2. The summed E-state index contributed by atoms with van der Waals surface area (Å²) >= 11 is 0. The number of nitrogens with zero attached hydrogens (tertiary/aromatic N) is 2. The highest BCUT2D eigenvalue weighted by atomic mass is 32.2. The molecule has 0 aromatic heterocycles. The molecule has 0 unspecified atom stereocenters. The van der Waals surface area contributed by atoms with Crippen molar-refractivity contribution >= 4 is 21.8 Å². The molecule has 1 aromatic carbocycles. The maximum Gasteiger partial charge on any atom is 0.243 e. The predicted molar refractivity (Wildman–Crippen MR) is 90.5 cm³/mol. The molecule has 2 fully saturated rings. The zero-order chi connectivity index (χ0) is 18.0. The zero-order valence-electron chi connectivity index (χ0n) is 14.2. The van der Waals surface area contributed by atoms with Gasteiger partial charge >= 0.3 is 0 Å². The summed E-state index contributed by atoms with van der Waals surface area (Å²) in [5, 5.41) is 0. The lowest BCUT2D eigenvalue weighted by atomic mass is 10.1. The van der Waals surface area contributed by atoms with Crippen molar-refractivity contribution in [2.24, 2.45) is 0 Å². The fourth-order valence-corrected chi connectivity index (χ4v) is 4.84. The Bertz CT molecular complexity index is 736. The third kappa shape index (κ3) is 3.55. The van der Waals surface area contributed by atoms with Gasteiger partial charge in [-0.05, 0) is 44.0 Å². The van der Waals surface area contributed by atoms with Crippen LogP contribution in [0.3, 0.4) is 0 Å². The van der Waals surface area contributed by atoms with Gasteiger partial charge in [0.25, 0.3) is 0 Å². The number of rotatable bonds is 5. The Morgan fingerprint density at radius 1 is 1.04 bits per heavy atom. The molecule has 0 bridgehead atoms. The van der Waals surface area contributed by atoms with E-state index in [0.29, 0.717) is 38.3 Å². The second-order valence-corrected chi connectivity index (χ2v) is 8.14. The van der Waals surface area contributed by atoms with Crippen LogP contribution in [0.25, 0.3) is 0 Å². The SMILES string of the molecule is CCOc1ccc(S(=O)(=O)N2CCC(N3C(=O)CCC3=O)CC2)cc1. The van der Waals surface area contributed by atoms with Gasteiger partial charge in [-0.3, -0.25) is 14.5 Å². The lowest BCUT2D eigenvalue weighted by Gasteiger charge is -2.35. The van der Waals surface area contributed by atoms with E-state index in [1.807, 2.05) is 6.92 Å². The predicted octanol–water partition coefficient (Wildman–Crippen LogP) is 1.39. The maximum atomic E-state index is 12.8. The molecule has 3 rings (SSSR count). The second kappa shape index (κ2) is 7.13. The molecule has 8 heteroatoms. The fraction of sp³-hybridized carbons (Fsp3) is 0.529. The number of imide groups is 1. The Labute approximate surface area is 147 Å². The molecule has 0 saturated carbocycles. The van der Waals surface area contributed by atoms with Gasteiger partial charge < -0.3 is 4.74 Å². The van der Waals surface area contributed by atoms with Crippen molar-refractivity contribution in [1.82, 2.24) is 9.21 Å². The first-order valence-electron chi connectivity index (χ1n) is 8.51. The first kappa shape index (κ1) is 17.9. The summed E-state index contributed by atoms with van der Waals surface area (Å²) in [6, 6.07) is 6.18. The van der Waals surface area contributed by atoms with Gasteiger partial charge in [0.2, 0.25) is 21.8 Å². The molecular formula is C17H22N2O5S. The van der Waals surface area contributed by atoms with Crippen LogP contribution in [0.15, 0.2) is 29.2 Å². The van der Waals surface area contributed by atoms with Crippen LogP contribution in [0.2, 0.25) is 0 Å². The van der Waals surface area contributed by atoms with Crippen LogP contribution in [0.1, 0.15) is 32.6 Å². The average Bonchev–Trinajstić information content (AvgIpc) is 2.94. The monoisotopic (exact) mass is 366 g/mol. The minimum atomic E-state index is -3.58. The lowest BCUT2D eigenvalue weighted by Crippen LogP contribution is -2.48. The first-order valence-corrected chi connectivity index (χ1v) is 9.95. The minimum absolute atomic E-state index is 0.141. The van der Waals surface area contributed by atoms with Crippen molar-refractivity contribution in [2.75, 3.05) is 19.7 Å². The van der Waals surface area contributed by atoms with Crippen LogP contribution >= 0.6 is 0 Å². The Kier molecular flexibility index (Phi) is 5.10. The van der Waals surface area contributed by atoms with Crippen LogP contribution in [0.4, 0.5) is 0 Å². The molecule has 2 aliphatic heterocycles. The number of ether oxygens (including phenoxy) is 1. The van der Waals surface area contributed by atoms with E-state index in [4.69, 9.17) is 4.74 Å². The molecule has 136 valence electrons. The molecule has 0 spiro atoms. The average molecular weight is 366 g/mol. The van der Waals surface area contributed by atoms with Crippen molar-refractivity contribution < 1.29 is 22.7 Å². The number of benzene rings is 1. The minimum Gasteiger partial charge on any atom is -0.494 e. The molecule has 2 heterocycles. The molecule has 2 amide bonds. The third-order valence-corrected chi connectivity index (χ3v) is 6.56. The highest BCUT2D eigenvalue weighted by Gasteiger charge is 2.38. The van der Waals surface area contributed by atoms with E-state index in [1.54, 1.807) is 24.3 Å². The standard InChI is InChI=1S/C17H22N2O5S/c1-2-24-14-3-5-15(6-4-14)25(22,23)18-11-9-13(10-12-18)19-16(20)7-8-17(19)21/h3-6,13H,2,7-12H2,1H3. The van der Waals surface area contributed by atoms with Crippen LogP contribution in [0.5, 0.6) is 5.75 Å². The molecule has 7 nitrogen and oxygen atoms in total. The highest BCUT2D eigenvalue weighted by Crippen LogP contribution is 2.27. The van der Waals surface area contributed by atoms with Gasteiger partial charge in [0.1, 0.15) is 5.75 Å². The number of hydrogen-bond donors (Lipinski definition) is 0. The number of carbonyl (C=O) groups excluding carboxylic acids is 2. The number of likely N-dealkylation sites (tertiary alicyclic amines) is 1. The van der Waals surface area contributed by atoms with Gasteiger partial charge in [0.05, 0.1) is 11.5 Å². The number of hydrogen-bond acceptors (Lipinski definition) is 5. The van der Waals surface area contributed by atoms with Crippen LogP contribution in [0, 0.1) is 0 Å². The van der Waals surface area contributed by atoms with Gasteiger partial charge in [0.15, 0.2) is 0 Å². The summed E-state index contributed by atoms with van der Waals surface area (Å²) < 4.78 is 32.3. The largest absolute Gasteiger partial charge is 0.494 e. The molecule has 25 heavy (non-hydrogen) atoms. The van der Waals surface area contributed by atoms with Crippen molar-refractivity contribution in [3.05, 3.63) is 24.3 Å². The zero-order valence-corrected chi connectivity index (χ0v) is 15.0. The second-order valence-electron chi connectivity index (χ2n) is 6.20. The van der Waals surface area contributed by atoms with Crippen molar-refractivity contribution in [3.63, 3.8) is 0 Å². The molecule has 0 N–H and O–H groups in total. The molecule has 2 saturated heterocycles. The van der Waals surface area contributed by atoms with E-state index >= 15 is 0 Å². The van der Waals surface area contributed by atoms with E-state index < -0.39 is 10.0 Å². The molecule has 0 aliphatic carbocycles. The molecule has 1 aromatic rings. The smallest absolute Gasteiger partial charge is 0.243 e. The maximum absolute atomic E-state index is 12.8. The van der Waals surface area contributed by atoms with Crippen LogP contribution in [-0.4, -0.2) is 55.2 Å². The van der Waals surface area contributed by atoms with E-state index in [9.17, 15) is 18.0 Å². The number of piperidine rings is 1. The molecular weight excluding hydrogens is 344 g/mol. The van der Waals surface area contributed by atoms with Gasteiger partial charge in [-0.2, -0.15) is 4.31 Å². The third-order valence-electron chi connectivity index (χ3n) is 4.65. The van der Waals surface area contributed by atoms with Crippen LogP contribution in [-0.2, 0) is 19.6 Å². The number of sulfonamides is 1. The van der Waals surface area contributed by atoms with Gasteiger partial charge in [-0.15, -0.1) is 0 Å². The Morgan fingerprint density at radius 3 is 2.12 bits per heavy atom. The Morgan fingerprint density at radius 2 is 1.60 bits per heavy atom. The quantitative estimate of drug-likeness (QED) is 0.735. The Hall–Kier alpha value is -1.93. The van der Waals surface area contributed by atoms with Gasteiger partial charge in [-0.1, -0.05) is 0 Å². The summed E-state index contributed by atoms with van der Waals surface area (Å²) in [5.74, 6) is 0.349. The van der Waals surface area contributed by atoms with Crippen molar-refractivity contribution in [3.8, 4) is 5.75 Å². The lowest BCUT2D eigenvalue weighted by molar-refractivity contribution is -0.141. The summed E-state index contributed by atoms with van der Waals surface area (Å²) in [6.07, 6.45) is 1.49. The van der Waals surface area contributed by atoms with E-state index in [0.717, 1.165) is 0 Å². The van der Waals surface area contributed by atoms with E-state index in [2.05, 4.69) is 0 Å². The molecule has 0 radical (unpaired) electrons. The summed E-state index contributed by atoms with van der Waals surface area (Å²) in [6.45, 7) is 2.99. The molecule has 2 aliphatic rings. The van der Waals surface area contributed by atoms with Crippen molar-refractivity contribution in [1.29, 1.82) is 0 Å². The molecule has 0 atom stereocenters. The normalized spacial score (nSPS) is 20.3. The first-order chi connectivity index (χ1) is 11.9. The number of carbonyl (C=O) groups is 2. The Balaban J connectivity index is 1.67. The highest BCUT2D eigenvalue weighted by molar-refractivity contribution is 7.89. The fourth-order valence-electron chi connectivity index (χ4n) is 3.37. The van der Waals surface area contributed by atoms with E-state index in [1.165, 1.54) is 9.21 Å².